The monoisotopic (exact) mass is 375 g/mol. The van der Waals surface area contributed by atoms with Crippen molar-refractivity contribution in [1.82, 2.24) is 29.2 Å². The number of rotatable bonds is 6. The molecule has 1 aliphatic rings. The van der Waals surface area contributed by atoms with E-state index in [1.165, 1.54) is 12.7 Å². The summed E-state index contributed by atoms with van der Waals surface area (Å²) in [5, 5.41) is 19.8. The van der Waals surface area contributed by atoms with E-state index in [1.54, 1.807) is 21.6 Å². The molecule has 0 aliphatic carbocycles. The maximum absolute atomic E-state index is 12.4. The van der Waals surface area contributed by atoms with Gasteiger partial charge in [-0.3, -0.25) is 19.8 Å². The Morgan fingerprint density at radius 2 is 2.33 bits per heavy atom. The van der Waals surface area contributed by atoms with Crippen LogP contribution in [0.15, 0.2) is 29.8 Å². The summed E-state index contributed by atoms with van der Waals surface area (Å²) in [6, 6.07) is 0. The molecule has 0 bridgehead atoms. The second-order valence-corrected chi connectivity index (χ2v) is 6.59. The number of aromatic nitrogens is 6. The molecular weight excluding hydrogens is 354 g/mol. The Kier molecular flexibility index (Phi) is 4.42. The summed E-state index contributed by atoms with van der Waals surface area (Å²) in [4.78, 5) is 27.7. The lowest BCUT2D eigenvalue weighted by atomic mass is 10.0. The lowest BCUT2D eigenvalue weighted by molar-refractivity contribution is -0.119. The molecule has 4 heterocycles. The molecule has 0 amide bonds. The summed E-state index contributed by atoms with van der Waals surface area (Å²) >= 11 is 0. The van der Waals surface area contributed by atoms with Gasteiger partial charge in [-0.2, -0.15) is 4.98 Å². The largest absolute Gasteiger partial charge is 0.394 e. The summed E-state index contributed by atoms with van der Waals surface area (Å²) in [6.07, 6.45) is 6.40. The fourth-order valence-corrected chi connectivity index (χ4v) is 3.56. The highest BCUT2D eigenvalue weighted by molar-refractivity contribution is 5.71. The molecule has 1 aliphatic heterocycles. The van der Waals surface area contributed by atoms with Gasteiger partial charge in [0.05, 0.1) is 19.0 Å². The number of aliphatic hydroxyl groups is 2. The first-order valence-electron chi connectivity index (χ1n) is 8.76. The number of aliphatic hydroxyl groups excluding tert-OH is 2. The zero-order valence-corrected chi connectivity index (χ0v) is 14.7. The number of imidazole rings is 2. The second kappa shape index (κ2) is 6.76. The van der Waals surface area contributed by atoms with Crippen LogP contribution in [0.3, 0.4) is 0 Å². The topological polar surface area (TPSA) is 143 Å². The lowest BCUT2D eigenvalue weighted by Gasteiger charge is -2.30. The molecule has 1 saturated heterocycles. The van der Waals surface area contributed by atoms with E-state index in [2.05, 4.69) is 25.4 Å². The first-order chi connectivity index (χ1) is 13.1. The molecule has 3 aromatic rings. The van der Waals surface area contributed by atoms with Crippen molar-refractivity contribution in [3.63, 3.8) is 0 Å². The number of hydrogen-bond donors (Lipinski definition) is 4. The Morgan fingerprint density at radius 3 is 3.00 bits per heavy atom. The molecule has 1 fully saturated rings. The van der Waals surface area contributed by atoms with Crippen molar-refractivity contribution in [3.05, 3.63) is 35.4 Å². The number of anilines is 1. The fourth-order valence-electron chi connectivity index (χ4n) is 3.56. The van der Waals surface area contributed by atoms with Crippen LogP contribution in [0.25, 0.3) is 11.2 Å². The first-order valence-corrected chi connectivity index (χ1v) is 8.76. The van der Waals surface area contributed by atoms with Crippen molar-refractivity contribution in [1.29, 1.82) is 0 Å². The second-order valence-electron chi connectivity index (χ2n) is 6.59. The van der Waals surface area contributed by atoms with E-state index in [9.17, 15) is 15.0 Å². The van der Waals surface area contributed by atoms with Crippen molar-refractivity contribution in [2.75, 3.05) is 12.0 Å². The predicted molar refractivity (Wildman–Crippen MR) is 94.9 cm³/mol. The van der Waals surface area contributed by atoms with Crippen molar-refractivity contribution < 1.29 is 14.9 Å². The van der Waals surface area contributed by atoms with Gasteiger partial charge in [0.1, 0.15) is 12.4 Å². The minimum absolute atomic E-state index is 0.173. The van der Waals surface area contributed by atoms with Gasteiger partial charge in [0, 0.05) is 18.8 Å². The Hall–Kier alpha value is -2.76. The molecule has 0 radical (unpaired) electrons. The third-order valence-electron chi connectivity index (χ3n) is 4.73. The van der Waals surface area contributed by atoms with Gasteiger partial charge in [-0.05, 0) is 6.42 Å². The summed E-state index contributed by atoms with van der Waals surface area (Å²) in [5.41, 5.74) is 2.10. The molecule has 4 rings (SSSR count). The van der Waals surface area contributed by atoms with Crippen LogP contribution in [0.5, 0.6) is 0 Å². The molecule has 3 atom stereocenters. The standard InChI is InChI=1S/C16H21N7O4/c1-2-3-16(6-10(25)11(7-24)27-16)23-9-18-12-13(23)19-15(20-14(12)26)21-22-5-4-17-8-22/h4-5,8-11,24-25H,2-3,6-7H2,1H3,(H2,19,20,21,26)/t10-,11+,16+/m0/s1. The molecule has 27 heavy (non-hydrogen) atoms. The van der Waals surface area contributed by atoms with E-state index in [1.807, 2.05) is 6.92 Å². The molecule has 0 spiro atoms. The van der Waals surface area contributed by atoms with Crippen LogP contribution >= 0.6 is 0 Å². The van der Waals surface area contributed by atoms with E-state index in [-0.39, 0.29) is 24.5 Å². The molecular formula is C16H21N7O4. The van der Waals surface area contributed by atoms with Gasteiger partial charge in [0.15, 0.2) is 16.9 Å². The van der Waals surface area contributed by atoms with Crippen LogP contribution in [0.4, 0.5) is 5.95 Å². The van der Waals surface area contributed by atoms with Crippen LogP contribution in [0, 0.1) is 0 Å². The third kappa shape index (κ3) is 2.99. The summed E-state index contributed by atoms with van der Waals surface area (Å²) in [7, 11) is 0. The summed E-state index contributed by atoms with van der Waals surface area (Å²) < 4.78 is 9.25. The lowest BCUT2D eigenvalue weighted by Crippen LogP contribution is -2.34. The highest BCUT2D eigenvalue weighted by Gasteiger charge is 2.47. The molecule has 0 unspecified atom stereocenters. The maximum Gasteiger partial charge on any atom is 0.280 e. The molecule has 11 heteroatoms. The van der Waals surface area contributed by atoms with Crippen molar-refractivity contribution in [2.24, 2.45) is 0 Å². The van der Waals surface area contributed by atoms with Gasteiger partial charge in [-0.15, -0.1) is 0 Å². The molecule has 4 N–H and O–H groups in total. The van der Waals surface area contributed by atoms with Crippen LogP contribution in [-0.4, -0.2) is 58.2 Å². The van der Waals surface area contributed by atoms with Gasteiger partial charge in [-0.25, -0.2) is 14.6 Å². The minimum Gasteiger partial charge on any atom is -0.394 e. The Balaban J connectivity index is 1.81. The van der Waals surface area contributed by atoms with Gasteiger partial charge in [0.2, 0.25) is 5.95 Å². The number of H-pyrrole nitrogens is 1. The normalized spacial score (nSPS) is 25.3. The van der Waals surface area contributed by atoms with Crippen LogP contribution in [-0.2, 0) is 10.5 Å². The van der Waals surface area contributed by atoms with Gasteiger partial charge >= 0.3 is 0 Å². The highest BCUT2D eigenvalue weighted by atomic mass is 16.6. The average molecular weight is 375 g/mol. The highest BCUT2D eigenvalue weighted by Crippen LogP contribution is 2.40. The zero-order chi connectivity index (χ0) is 19.0. The van der Waals surface area contributed by atoms with Gasteiger partial charge in [-0.1, -0.05) is 13.3 Å². The number of nitrogens with one attached hydrogen (secondary N) is 2. The van der Waals surface area contributed by atoms with E-state index in [0.29, 0.717) is 12.1 Å². The average Bonchev–Trinajstić information content (AvgIpc) is 3.35. The third-order valence-corrected chi connectivity index (χ3v) is 4.73. The number of hydrogen-bond acceptors (Lipinski definition) is 8. The molecule has 0 saturated carbocycles. The SMILES string of the molecule is CCC[C@]1(n2cnc3c(=O)[nH]c(Nn4ccnc4)nc32)C[C@H](O)[C@@H](CO)O1. The Bertz CT molecular complexity index is 982. The summed E-state index contributed by atoms with van der Waals surface area (Å²) in [6.45, 7) is 1.70. The molecule has 0 aromatic carbocycles. The minimum atomic E-state index is -0.927. The first kappa shape index (κ1) is 17.6. The van der Waals surface area contributed by atoms with Crippen LogP contribution in [0.2, 0.25) is 0 Å². The van der Waals surface area contributed by atoms with Crippen molar-refractivity contribution >= 4 is 17.1 Å². The predicted octanol–water partition coefficient (Wildman–Crippen LogP) is -0.214. The van der Waals surface area contributed by atoms with Gasteiger partial charge in [0.25, 0.3) is 5.56 Å². The van der Waals surface area contributed by atoms with Crippen LogP contribution in [0.1, 0.15) is 26.2 Å². The van der Waals surface area contributed by atoms with E-state index < -0.39 is 23.5 Å². The smallest absolute Gasteiger partial charge is 0.280 e. The zero-order valence-electron chi connectivity index (χ0n) is 14.7. The quantitative estimate of drug-likeness (QED) is 0.463. The summed E-state index contributed by atoms with van der Waals surface area (Å²) in [5.74, 6) is 0.219. The molecule has 144 valence electrons. The number of ether oxygens (including phenoxy) is 1. The van der Waals surface area contributed by atoms with Crippen molar-refractivity contribution in [3.8, 4) is 0 Å². The van der Waals surface area contributed by atoms with E-state index in [0.717, 1.165) is 6.42 Å². The van der Waals surface area contributed by atoms with E-state index in [4.69, 9.17) is 4.74 Å². The molecule has 11 nitrogen and oxygen atoms in total. The van der Waals surface area contributed by atoms with E-state index >= 15 is 0 Å². The fraction of sp³-hybridized carbons (Fsp3) is 0.500. The Labute approximate surface area is 153 Å². The number of nitrogens with zero attached hydrogens (tertiary/aromatic N) is 5. The van der Waals surface area contributed by atoms with Crippen molar-refractivity contribution in [2.45, 2.75) is 44.1 Å². The Morgan fingerprint density at radius 1 is 1.48 bits per heavy atom. The number of aromatic amines is 1. The maximum atomic E-state index is 12.4. The van der Waals surface area contributed by atoms with Gasteiger partial charge < -0.3 is 14.9 Å². The van der Waals surface area contributed by atoms with Crippen LogP contribution < -0.4 is 11.0 Å². The number of fused-ring (bicyclic) bond motifs is 1. The molecule has 3 aromatic heterocycles.